The first-order valence-electron chi connectivity index (χ1n) is 6.61. The van der Waals surface area contributed by atoms with E-state index in [-0.39, 0.29) is 0 Å². The van der Waals surface area contributed by atoms with Gasteiger partial charge in [0.1, 0.15) is 0 Å². The van der Waals surface area contributed by atoms with Gasteiger partial charge in [-0.15, -0.1) is 0 Å². The number of hydrogen-bond acceptors (Lipinski definition) is 3. The van der Waals surface area contributed by atoms with Crippen molar-refractivity contribution in [2.45, 2.75) is 25.3 Å². The average molecular weight is 232 g/mol. The lowest BCUT2D eigenvalue weighted by Crippen LogP contribution is -2.20. The maximum absolute atomic E-state index is 5.39. The standard InChI is InChI=1S/C14H20N2O/c1-2-8-16(7-1)14-5-3-4-12(10-14)15-13-6-9-17-11-13/h3-5,10,13,15H,1-2,6-9,11H2. The number of nitrogens with zero attached hydrogens (tertiary/aromatic N) is 1. The third kappa shape index (κ3) is 2.55. The van der Waals surface area contributed by atoms with Crippen molar-refractivity contribution in [3.05, 3.63) is 24.3 Å². The molecule has 2 fully saturated rings. The van der Waals surface area contributed by atoms with E-state index in [2.05, 4.69) is 34.5 Å². The summed E-state index contributed by atoms with van der Waals surface area (Å²) >= 11 is 0. The summed E-state index contributed by atoms with van der Waals surface area (Å²) in [6, 6.07) is 9.26. The van der Waals surface area contributed by atoms with Crippen LogP contribution in [0.2, 0.25) is 0 Å². The van der Waals surface area contributed by atoms with Crippen molar-refractivity contribution in [3.8, 4) is 0 Å². The lowest BCUT2D eigenvalue weighted by atomic mass is 10.2. The van der Waals surface area contributed by atoms with E-state index in [9.17, 15) is 0 Å². The van der Waals surface area contributed by atoms with Gasteiger partial charge in [0.25, 0.3) is 0 Å². The zero-order valence-corrected chi connectivity index (χ0v) is 10.2. The number of hydrogen-bond donors (Lipinski definition) is 1. The molecule has 1 N–H and O–H groups in total. The van der Waals surface area contributed by atoms with Crippen molar-refractivity contribution in [1.29, 1.82) is 0 Å². The Morgan fingerprint density at radius 2 is 2.12 bits per heavy atom. The molecule has 0 bridgehead atoms. The van der Waals surface area contributed by atoms with Gasteiger partial charge in [-0.1, -0.05) is 6.07 Å². The summed E-state index contributed by atoms with van der Waals surface area (Å²) < 4.78 is 5.39. The second-order valence-corrected chi connectivity index (χ2v) is 4.95. The largest absolute Gasteiger partial charge is 0.380 e. The zero-order valence-electron chi connectivity index (χ0n) is 10.2. The van der Waals surface area contributed by atoms with E-state index in [4.69, 9.17) is 4.74 Å². The van der Waals surface area contributed by atoms with Gasteiger partial charge in [-0.05, 0) is 37.5 Å². The van der Waals surface area contributed by atoms with Crippen LogP contribution in [-0.2, 0) is 4.74 Å². The molecule has 1 unspecified atom stereocenters. The molecular weight excluding hydrogens is 212 g/mol. The molecule has 3 rings (SSSR count). The number of ether oxygens (including phenoxy) is 1. The topological polar surface area (TPSA) is 24.5 Å². The first kappa shape index (κ1) is 10.9. The summed E-state index contributed by atoms with van der Waals surface area (Å²) in [7, 11) is 0. The molecule has 0 saturated carbocycles. The summed E-state index contributed by atoms with van der Waals surface area (Å²) in [6.07, 6.45) is 3.77. The molecule has 3 heteroatoms. The molecule has 1 aromatic carbocycles. The van der Waals surface area contributed by atoms with Gasteiger partial charge in [0, 0.05) is 31.1 Å². The monoisotopic (exact) mass is 232 g/mol. The summed E-state index contributed by atoms with van der Waals surface area (Å²) in [5.74, 6) is 0. The minimum atomic E-state index is 0.490. The van der Waals surface area contributed by atoms with Crippen molar-refractivity contribution >= 4 is 11.4 Å². The maximum Gasteiger partial charge on any atom is 0.0668 e. The predicted octanol–water partition coefficient (Wildman–Crippen LogP) is 2.49. The smallest absolute Gasteiger partial charge is 0.0668 e. The molecule has 3 nitrogen and oxygen atoms in total. The summed E-state index contributed by atoms with van der Waals surface area (Å²) in [6.45, 7) is 4.14. The maximum atomic E-state index is 5.39. The van der Waals surface area contributed by atoms with Crippen LogP contribution < -0.4 is 10.2 Å². The van der Waals surface area contributed by atoms with Crippen LogP contribution in [0, 0.1) is 0 Å². The Balaban J connectivity index is 1.69. The van der Waals surface area contributed by atoms with Gasteiger partial charge in [0.2, 0.25) is 0 Å². The van der Waals surface area contributed by atoms with E-state index in [0.717, 1.165) is 19.6 Å². The fourth-order valence-corrected chi connectivity index (χ4v) is 2.65. The molecular formula is C14H20N2O. The first-order chi connectivity index (χ1) is 8.42. The van der Waals surface area contributed by atoms with Crippen LogP contribution in [0.25, 0.3) is 0 Å². The molecule has 0 spiro atoms. The average Bonchev–Trinajstić information content (AvgIpc) is 3.01. The normalized spacial score (nSPS) is 24.2. The van der Waals surface area contributed by atoms with Gasteiger partial charge in [-0.3, -0.25) is 0 Å². The molecule has 92 valence electrons. The lowest BCUT2D eigenvalue weighted by molar-refractivity contribution is 0.195. The van der Waals surface area contributed by atoms with Crippen molar-refractivity contribution < 1.29 is 4.74 Å². The van der Waals surface area contributed by atoms with Gasteiger partial charge in [-0.25, -0.2) is 0 Å². The van der Waals surface area contributed by atoms with Crippen molar-refractivity contribution in [3.63, 3.8) is 0 Å². The third-order valence-corrected chi connectivity index (χ3v) is 3.62. The summed E-state index contributed by atoms with van der Waals surface area (Å²) in [4.78, 5) is 2.47. The van der Waals surface area contributed by atoms with Crippen LogP contribution in [0.3, 0.4) is 0 Å². The van der Waals surface area contributed by atoms with E-state index >= 15 is 0 Å². The van der Waals surface area contributed by atoms with E-state index in [0.29, 0.717) is 6.04 Å². The zero-order chi connectivity index (χ0) is 11.5. The number of anilines is 2. The van der Waals surface area contributed by atoms with E-state index < -0.39 is 0 Å². The molecule has 0 aromatic heterocycles. The number of rotatable bonds is 3. The molecule has 0 amide bonds. The van der Waals surface area contributed by atoms with Gasteiger partial charge in [0.05, 0.1) is 12.6 Å². The Bertz CT molecular complexity index is 368. The molecule has 1 aromatic rings. The Morgan fingerprint density at radius 3 is 2.88 bits per heavy atom. The highest BCUT2D eigenvalue weighted by atomic mass is 16.5. The fraction of sp³-hybridized carbons (Fsp3) is 0.571. The van der Waals surface area contributed by atoms with Crippen LogP contribution in [0.5, 0.6) is 0 Å². The van der Waals surface area contributed by atoms with E-state index in [1.807, 2.05) is 0 Å². The first-order valence-corrected chi connectivity index (χ1v) is 6.61. The molecule has 2 saturated heterocycles. The molecule has 0 radical (unpaired) electrons. The molecule has 0 aliphatic carbocycles. The van der Waals surface area contributed by atoms with Gasteiger partial charge in [-0.2, -0.15) is 0 Å². The van der Waals surface area contributed by atoms with Crippen LogP contribution in [0.4, 0.5) is 11.4 Å². The Labute approximate surface area is 103 Å². The number of benzene rings is 1. The minimum Gasteiger partial charge on any atom is -0.380 e. The molecule has 2 aliphatic heterocycles. The molecule has 2 aliphatic rings. The van der Waals surface area contributed by atoms with Gasteiger partial charge >= 0.3 is 0 Å². The number of nitrogens with one attached hydrogen (secondary N) is 1. The van der Waals surface area contributed by atoms with Crippen LogP contribution >= 0.6 is 0 Å². The van der Waals surface area contributed by atoms with Crippen LogP contribution in [0.1, 0.15) is 19.3 Å². The predicted molar refractivity (Wildman–Crippen MR) is 70.7 cm³/mol. The lowest BCUT2D eigenvalue weighted by Gasteiger charge is -2.19. The molecule has 2 heterocycles. The third-order valence-electron chi connectivity index (χ3n) is 3.62. The Morgan fingerprint density at radius 1 is 1.24 bits per heavy atom. The van der Waals surface area contributed by atoms with Crippen LogP contribution in [-0.4, -0.2) is 32.3 Å². The van der Waals surface area contributed by atoms with Crippen molar-refractivity contribution in [2.75, 3.05) is 36.5 Å². The van der Waals surface area contributed by atoms with Crippen LogP contribution in [0.15, 0.2) is 24.3 Å². The Hall–Kier alpha value is -1.22. The van der Waals surface area contributed by atoms with Gasteiger partial charge < -0.3 is 15.0 Å². The van der Waals surface area contributed by atoms with Crippen molar-refractivity contribution in [2.24, 2.45) is 0 Å². The second-order valence-electron chi connectivity index (χ2n) is 4.95. The Kier molecular flexibility index (Phi) is 3.18. The highest BCUT2D eigenvalue weighted by Gasteiger charge is 2.16. The highest BCUT2D eigenvalue weighted by molar-refractivity contribution is 5.58. The van der Waals surface area contributed by atoms with E-state index in [1.54, 1.807) is 0 Å². The fourth-order valence-electron chi connectivity index (χ4n) is 2.65. The van der Waals surface area contributed by atoms with E-state index in [1.165, 1.54) is 37.3 Å². The highest BCUT2D eigenvalue weighted by Crippen LogP contribution is 2.24. The summed E-state index contributed by atoms with van der Waals surface area (Å²) in [5, 5.41) is 3.55. The van der Waals surface area contributed by atoms with Gasteiger partial charge in [0.15, 0.2) is 0 Å². The molecule has 1 atom stereocenters. The summed E-state index contributed by atoms with van der Waals surface area (Å²) in [5.41, 5.74) is 2.58. The minimum absolute atomic E-state index is 0.490. The van der Waals surface area contributed by atoms with Crippen molar-refractivity contribution in [1.82, 2.24) is 0 Å². The molecule has 17 heavy (non-hydrogen) atoms. The SMILES string of the molecule is c1cc(NC2CCOC2)cc(N2CCCC2)c1. The quantitative estimate of drug-likeness (QED) is 0.866. The second kappa shape index (κ2) is 4.96.